The largest absolute Gasteiger partial charge is 0.472 e. The second-order valence-electron chi connectivity index (χ2n) is 23.9. The molecule has 0 bridgehead atoms. The van der Waals surface area contributed by atoms with Gasteiger partial charge in [0.15, 0.2) is 6.10 Å². The minimum Gasteiger partial charge on any atom is -0.462 e. The average Bonchev–Trinajstić information content (AvgIpc) is 3.36. The van der Waals surface area contributed by atoms with Crippen LogP contribution < -0.4 is 0 Å². The van der Waals surface area contributed by atoms with E-state index in [1.165, 1.54) is 283 Å². The Bertz CT molecular complexity index is 1210. The van der Waals surface area contributed by atoms with Crippen molar-refractivity contribution in [2.75, 3.05) is 47.5 Å². The number of carbonyl (C=O) groups is 2. The summed E-state index contributed by atoms with van der Waals surface area (Å²) in [4.78, 5) is 35.7. The first-order valence-electron chi connectivity index (χ1n) is 32.8. The average molecular weight is 1070 g/mol. The van der Waals surface area contributed by atoms with Gasteiger partial charge in [-0.2, -0.15) is 0 Å². The van der Waals surface area contributed by atoms with E-state index in [1.807, 2.05) is 21.1 Å². The van der Waals surface area contributed by atoms with Crippen LogP contribution in [0.15, 0.2) is 0 Å². The topological polar surface area (TPSA) is 108 Å². The van der Waals surface area contributed by atoms with Crippen LogP contribution in [-0.4, -0.2) is 74.9 Å². The zero-order valence-electron chi connectivity index (χ0n) is 50.4. The highest BCUT2D eigenvalue weighted by Gasteiger charge is 2.27. The van der Waals surface area contributed by atoms with Gasteiger partial charge in [-0.3, -0.25) is 18.6 Å². The zero-order chi connectivity index (χ0) is 54.2. The molecule has 0 aliphatic carbocycles. The van der Waals surface area contributed by atoms with Gasteiger partial charge in [0.2, 0.25) is 0 Å². The van der Waals surface area contributed by atoms with E-state index in [-0.39, 0.29) is 25.6 Å². The molecule has 0 heterocycles. The van der Waals surface area contributed by atoms with E-state index >= 15 is 0 Å². The normalized spacial score (nSPS) is 13.1. The Morgan fingerprint density at radius 1 is 0.365 bits per heavy atom. The van der Waals surface area contributed by atoms with Gasteiger partial charge in [0, 0.05) is 12.8 Å². The van der Waals surface area contributed by atoms with Crippen molar-refractivity contribution in [3.63, 3.8) is 0 Å². The van der Waals surface area contributed by atoms with Gasteiger partial charge in [0.05, 0.1) is 27.7 Å². The van der Waals surface area contributed by atoms with Gasteiger partial charge in [-0.1, -0.05) is 322 Å². The number of ether oxygens (including phenoxy) is 2. The SMILES string of the molecule is CCCCCCCCCCCCCCCCCCCCCCCCCCCCCCCCCCCCCCC(=O)OC(COC(=O)CCCCCCCCCCCCCCCC)COP(=O)(O)OCC[N+](C)(C)C. The molecule has 10 heteroatoms. The molecule has 9 nitrogen and oxygen atoms in total. The van der Waals surface area contributed by atoms with Gasteiger partial charge in [-0.15, -0.1) is 0 Å². The fourth-order valence-electron chi connectivity index (χ4n) is 10.1. The Labute approximate surface area is 461 Å². The van der Waals surface area contributed by atoms with Crippen molar-refractivity contribution in [1.82, 2.24) is 0 Å². The quantitative estimate of drug-likeness (QED) is 0.0278. The minimum atomic E-state index is -4.38. The molecule has 442 valence electrons. The first-order valence-corrected chi connectivity index (χ1v) is 34.3. The number of nitrogens with zero attached hydrogens (tertiary/aromatic N) is 1. The highest BCUT2D eigenvalue weighted by atomic mass is 31.2. The van der Waals surface area contributed by atoms with Gasteiger partial charge < -0.3 is 18.9 Å². The van der Waals surface area contributed by atoms with E-state index in [0.29, 0.717) is 17.4 Å². The Morgan fingerprint density at radius 2 is 0.608 bits per heavy atom. The number of hydrogen-bond acceptors (Lipinski definition) is 7. The Balaban J connectivity index is 3.87. The van der Waals surface area contributed by atoms with Crippen LogP contribution >= 0.6 is 7.82 Å². The molecule has 74 heavy (non-hydrogen) atoms. The summed E-state index contributed by atoms with van der Waals surface area (Å²) >= 11 is 0. The number of phosphoric acid groups is 1. The van der Waals surface area contributed by atoms with Crippen LogP contribution in [0.5, 0.6) is 0 Å². The predicted molar refractivity (Wildman–Crippen MR) is 317 cm³/mol. The van der Waals surface area contributed by atoms with Gasteiger partial charge in [0.1, 0.15) is 19.8 Å². The lowest BCUT2D eigenvalue weighted by atomic mass is 10.0. The third-order valence-electron chi connectivity index (χ3n) is 15.1. The van der Waals surface area contributed by atoms with Crippen molar-refractivity contribution in [1.29, 1.82) is 0 Å². The van der Waals surface area contributed by atoms with E-state index in [4.69, 9.17) is 18.5 Å². The van der Waals surface area contributed by atoms with Gasteiger partial charge in [0.25, 0.3) is 0 Å². The van der Waals surface area contributed by atoms with Crippen molar-refractivity contribution in [2.45, 2.75) is 354 Å². The van der Waals surface area contributed by atoms with Crippen LogP contribution in [0.3, 0.4) is 0 Å². The highest BCUT2D eigenvalue weighted by Crippen LogP contribution is 2.43. The van der Waals surface area contributed by atoms with Crippen molar-refractivity contribution in [2.24, 2.45) is 0 Å². The summed E-state index contributed by atoms with van der Waals surface area (Å²) in [5, 5.41) is 0. The maximum Gasteiger partial charge on any atom is 0.472 e. The first kappa shape index (κ1) is 73.0. The lowest BCUT2D eigenvalue weighted by molar-refractivity contribution is -0.870. The molecule has 0 fully saturated rings. The second kappa shape index (κ2) is 56.7. The molecule has 0 saturated carbocycles. The number of esters is 2. The third-order valence-corrected chi connectivity index (χ3v) is 16.1. The van der Waals surface area contributed by atoms with Gasteiger partial charge >= 0.3 is 19.8 Å². The number of unbranched alkanes of at least 4 members (excludes halogenated alkanes) is 48. The Morgan fingerprint density at radius 3 is 0.865 bits per heavy atom. The number of quaternary nitrogens is 1. The number of hydrogen-bond donors (Lipinski definition) is 1. The van der Waals surface area contributed by atoms with Crippen molar-refractivity contribution < 1.29 is 42.1 Å². The van der Waals surface area contributed by atoms with Crippen LogP contribution in [-0.2, 0) is 32.7 Å². The van der Waals surface area contributed by atoms with Crippen molar-refractivity contribution in [3.05, 3.63) is 0 Å². The number of carbonyl (C=O) groups excluding carboxylic acids is 2. The molecule has 2 atom stereocenters. The molecular weight excluding hydrogens is 942 g/mol. The molecule has 0 rings (SSSR count). The Kier molecular flexibility index (Phi) is 56.0. The Hall–Kier alpha value is -0.990. The fourth-order valence-corrected chi connectivity index (χ4v) is 10.8. The summed E-state index contributed by atoms with van der Waals surface area (Å²) in [6.07, 6.45) is 66.5. The maximum absolute atomic E-state index is 12.8. The molecule has 0 spiro atoms. The lowest BCUT2D eigenvalue weighted by Crippen LogP contribution is -2.37. The molecule has 0 aromatic heterocycles. The number of likely N-dealkylation sites (N-methyl/N-ethyl adjacent to an activating group) is 1. The van der Waals surface area contributed by atoms with Crippen LogP contribution in [0, 0.1) is 0 Å². The first-order chi connectivity index (χ1) is 36.0. The smallest absolute Gasteiger partial charge is 0.462 e. The molecule has 0 aliphatic rings. The second-order valence-corrected chi connectivity index (χ2v) is 25.3. The van der Waals surface area contributed by atoms with Crippen LogP contribution in [0.25, 0.3) is 0 Å². The summed E-state index contributed by atoms with van der Waals surface area (Å²) in [7, 11) is 1.50. The van der Waals surface area contributed by atoms with Crippen LogP contribution in [0.4, 0.5) is 0 Å². The third kappa shape index (κ3) is 60.2. The minimum absolute atomic E-state index is 0.0374. The summed E-state index contributed by atoms with van der Waals surface area (Å²) < 4.78 is 34.6. The molecule has 0 saturated heterocycles. The summed E-state index contributed by atoms with van der Waals surface area (Å²) in [6, 6.07) is 0. The van der Waals surface area contributed by atoms with Crippen LogP contribution in [0.2, 0.25) is 0 Å². The van der Waals surface area contributed by atoms with E-state index in [0.717, 1.165) is 38.5 Å². The summed E-state index contributed by atoms with van der Waals surface area (Å²) in [5.74, 6) is -0.773. The van der Waals surface area contributed by atoms with Gasteiger partial charge in [-0.25, -0.2) is 4.57 Å². The van der Waals surface area contributed by atoms with E-state index in [1.54, 1.807) is 0 Å². The zero-order valence-corrected chi connectivity index (χ0v) is 51.3. The summed E-state index contributed by atoms with van der Waals surface area (Å²) in [6.45, 7) is 4.50. The molecule has 0 aromatic carbocycles. The molecule has 1 N–H and O–H groups in total. The van der Waals surface area contributed by atoms with Gasteiger partial charge in [-0.05, 0) is 12.8 Å². The maximum atomic E-state index is 12.8. The molecule has 0 radical (unpaired) electrons. The predicted octanol–water partition coefficient (Wildman–Crippen LogP) is 20.6. The molecule has 0 aliphatic heterocycles. The molecule has 0 aromatic rings. The van der Waals surface area contributed by atoms with E-state index in [9.17, 15) is 19.0 Å². The molecule has 0 amide bonds. The molecule has 2 unspecified atom stereocenters. The van der Waals surface area contributed by atoms with Crippen molar-refractivity contribution >= 4 is 19.8 Å². The summed E-state index contributed by atoms with van der Waals surface area (Å²) in [5.41, 5.74) is 0. The number of rotatable bonds is 62. The van der Waals surface area contributed by atoms with E-state index in [2.05, 4.69) is 13.8 Å². The van der Waals surface area contributed by atoms with Crippen molar-refractivity contribution in [3.8, 4) is 0 Å². The number of phosphoric ester groups is 1. The molecular formula is C64H129NO8P+. The highest BCUT2D eigenvalue weighted by molar-refractivity contribution is 7.47. The lowest BCUT2D eigenvalue weighted by Gasteiger charge is -2.24. The standard InChI is InChI=1S/C64H128NO8P/c1-6-8-10-12-14-16-18-20-22-23-24-25-26-27-28-29-30-31-32-33-34-35-36-37-38-39-40-41-42-43-45-47-49-51-53-55-57-64(67)73-62(61-72-74(68,69)71-59-58-65(3,4)5)60-70-63(66)56-54-52-50-48-46-44-21-19-17-15-13-11-9-7-2/h62H,6-61H2,1-5H3/p+1. The van der Waals surface area contributed by atoms with E-state index < -0.39 is 26.5 Å². The monoisotopic (exact) mass is 1070 g/mol. The fraction of sp³-hybridized carbons (Fsp3) is 0.969. The van der Waals surface area contributed by atoms with Crippen LogP contribution in [0.1, 0.15) is 348 Å².